The summed E-state index contributed by atoms with van der Waals surface area (Å²) in [5.74, 6) is 0. The average Bonchev–Trinajstić information content (AvgIpc) is 0.722. The fourth-order valence-electron chi connectivity index (χ4n) is 0. The van der Waals surface area contributed by atoms with Gasteiger partial charge in [-0.2, -0.15) is 0 Å². The van der Waals surface area contributed by atoms with Gasteiger partial charge in [-0.25, -0.2) is 0 Å². The summed E-state index contributed by atoms with van der Waals surface area (Å²) < 4.78 is 0. The molecule has 0 amide bonds. The predicted molar refractivity (Wildman–Crippen MR) is 18.2 cm³/mol. The molecule has 0 aromatic rings. The Hall–Kier alpha value is 0.987. The summed E-state index contributed by atoms with van der Waals surface area (Å²) >= 11 is 0. The van der Waals surface area contributed by atoms with Crippen LogP contribution in [0.1, 0.15) is 1.43 Å². The number of hydrogen-bond donors (Lipinski definition) is 4. The molecule has 4 N–H and O–H groups in total. The van der Waals surface area contributed by atoms with Crippen LogP contribution in [0.5, 0.6) is 0 Å². The topological polar surface area (TPSA) is 80.9 Å². The van der Waals surface area contributed by atoms with Gasteiger partial charge in [-0.05, 0) is 0 Å². The van der Waals surface area contributed by atoms with Gasteiger partial charge in [-0.3, -0.25) is 4.70 Å². The Labute approximate surface area is 64.1 Å². The molecule has 0 unspecified atom stereocenters. The largest absolute Gasteiger partial charge is 1.00 e. The van der Waals surface area contributed by atoms with Crippen LogP contribution in [0.15, 0.2) is 0 Å². The van der Waals surface area contributed by atoms with E-state index in [1.54, 1.807) is 0 Å². The van der Waals surface area contributed by atoms with Crippen LogP contribution >= 0.6 is 0 Å². The van der Waals surface area contributed by atoms with Crippen molar-refractivity contribution < 1.29 is 54.9 Å². The Kier molecular flexibility index (Phi) is 11.5. The van der Waals surface area contributed by atoms with Crippen molar-refractivity contribution in [1.29, 1.82) is 0 Å². The second kappa shape index (κ2) is 5.13. The number of hydrogen-bond acceptors (Lipinski definition) is 4. The van der Waals surface area contributed by atoms with E-state index in [2.05, 4.69) is 0 Å². The minimum absolute atomic E-state index is 0. The van der Waals surface area contributed by atoms with Gasteiger partial charge >= 0.3 is 38.6 Å². The van der Waals surface area contributed by atoms with Gasteiger partial charge < -0.3 is 20.6 Å². The van der Waals surface area contributed by atoms with Crippen molar-refractivity contribution in [2.45, 2.75) is 0 Å². The minimum Gasteiger partial charge on any atom is -1.00 e. The molecule has 0 radical (unpaired) electrons. The van der Waals surface area contributed by atoms with Crippen molar-refractivity contribution in [2.24, 2.45) is 0 Å². The first-order valence-electron chi connectivity index (χ1n) is 0.894. The number of rotatable bonds is 0. The van der Waals surface area contributed by atoms with Crippen LogP contribution < -0.4 is 29.6 Å². The molecule has 0 fully saturated rings. The summed E-state index contributed by atoms with van der Waals surface area (Å²) in [5.41, 5.74) is 0. The maximum atomic E-state index is 7.33. The zero-order valence-electron chi connectivity index (χ0n) is 4.70. The SMILES string of the molecule is F.O[Si](O)(O)O.[H-].[Na+]. The molecule has 0 aliphatic heterocycles. The molecule has 0 saturated carbocycles. The van der Waals surface area contributed by atoms with Crippen molar-refractivity contribution in [2.75, 3.05) is 0 Å². The summed E-state index contributed by atoms with van der Waals surface area (Å²) in [5, 5.41) is 0. The summed E-state index contributed by atoms with van der Waals surface area (Å²) in [6.07, 6.45) is 0. The van der Waals surface area contributed by atoms with Gasteiger partial charge in [-0.1, -0.05) is 0 Å². The Bertz CT molecular complexity index is 31.5. The third-order valence-electron chi connectivity index (χ3n) is 0. The molecule has 0 heterocycles. The van der Waals surface area contributed by atoms with E-state index in [1.165, 1.54) is 0 Å². The van der Waals surface area contributed by atoms with Gasteiger partial charge in [0.15, 0.2) is 0 Å². The molecular formula is H6FNaO4Si. The normalized spacial score (nSPS) is 8.57. The molecule has 7 heavy (non-hydrogen) atoms. The van der Waals surface area contributed by atoms with Crippen LogP contribution in [0.4, 0.5) is 4.70 Å². The standard InChI is InChI=1S/FH.Na.H4O4Si.H/c;;1-5(2,3)4;/h1H;;1-4H;/q;+1;;-1. The quantitative estimate of drug-likeness (QED) is 0.253. The van der Waals surface area contributed by atoms with E-state index in [9.17, 15) is 0 Å². The molecule has 0 aromatic carbocycles. The van der Waals surface area contributed by atoms with E-state index >= 15 is 0 Å². The molecule has 0 aromatic heterocycles. The molecule has 7 heteroatoms. The second-order valence-corrected chi connectivity index (χ2v) is 1.80. The van der Waals surface area contributed by atoms with Crippen molar-refractivity contribution in [1.82, 2.24) is 0 Å². The maximum Gasteiger partial charge on any atom is 1.00 e. The Balaban J connectivity index is -0.0000000267. The fraction of sp³-hybridized carbons (Fsp3) is 0. The van der Waals surface area contributed by atoms with E-state index in [-0.39, 0.29) is 35.7 Å². The van der Waals surface area contributed by atoms with E-state index in [1.807, 2.05) is 0 Å². The zero-order valence-corrected chi connectivity index (χ0v) is 6.70. The summed E-state index contributed by atoms with van der Waals surface area (Å²) in [4.78, 5) is 29.3. The predicted octanol–water partition coefficient (Wildman–Crippen LogP) is -5.34. The molecule has 4 nitrogen and oxygen atoms in total. The monoisotopic (exact) mass is 140 g/mol. The van der Waals surface area contributed by atoms with Crippen molar-refractivity contribution in [3.8, 4) is 0 Å². The van der Waals surface area contributed by atoms with Gasteiger partial charge in [0, 0.05) is 0 Å². The van der Waals surface area contributed by atoms with Crippen LogP contribution in [-0.4, -0.2) is 28.2 Å². The van der Waals surface area contributed by atoms with Crippen molar-refractivity contribution in [3.63, 3.8) is 0 Å². The molecule has 0 aliphatic rings. The van der Waals surface area contributed by atoms with Gasteiger partial charge in [0.05, 0.1) is 0 Å². The van der Waals surface area contributed by atoms with E-state index in [0.29, 0.717) is 0 Å². The molecular weight excluding hydrogens is 134 g/mol. The average molecular weight is 140 g/mol. The molecule has 0 aliphatic carbocycles. The summed E-state index contributed by atoms with van der Waals surface area (Å²) in [6.45, 7) is 0. The van der Waals surface area contributed by atoms with Crippen LogP contribution in [0.3, 0.4) is 0 Å². The molecule has 0 spiro atoms. The fourth-order valence-corrected chi connectivity index (χ4v) is 0. The smallest absolute Gasteiger partial charge is 1.00 e. The molecule has 42 valence electrons. The Morgan fingerprint density at radius 1 is 1.00 bits per heavy atom. The molecule has 0 rings (SSSR count). The summed E-state index contributed by atoms with van der Waals surface area (Å²) in [6, 6.07) is 0. The first-order valence-corrected chi connectivity index (χ1v) is 2.68. The van der Waals surface area contributed by atoms with Crippen LogP contribution in [0, 0.1) is 0 Å². The van der Waals surface area contributed by atoms with Crippen LogP contribution in [0.25, 0.3) is 0 Å². The second-order valence-electron chi connectivity index (χ2n) is 0.600. The van der Waals surface area contributed by atoms with Crippen LogP contribution in [-0.2, 0) is 0 Å². The Morgan fingerprint density at radius 3 is 1.00 bits per heavy atom. The van der Waals surface area contributed by atoms with Crippen molar-refractivity contribution in [3.05, 3.63) is 0 Å². The summed E-state index contributed by atoms with van der Waals surface area (Å²) in [7, 11) is -4.61. The third-order valence-corrected chi connectivity index (χ3v) is 0. The van der Waals surface area contributed by atoms with E-state index < -0.39 is 9.05 Å². The third kappa shape index (κ3) is 178. The first kappa shape index (κ1) is 15.7. The zero-order chi connectivity index (χ0) is 4.50. The van der Waals surface area contributed by atoms with Gasteiger partial charge in [0.1, 0.15) is 0 Å². The Morgan fingerprint density at radius 2 is 1.00 bits per heavy atom. The van der Waals surface area contributed by atoms with Crippen LogP contribution in [0.2, 0.25) is 0 Å². The molecule has 0 saturated heterocycles. The van der Waals surface area contributed by atoms with E-state index in [0.717, 1.165) is 0 Å². The minimum atomic E-state index is -4.61. The number of halogens is 1. The maximum absolute atomic E-state index is 7.33. The first-order chi connectivity index (χ1) is 2.00. The van der Waals surface area contributed by atoms with Gasteiger partial charge in [0.25, 0.3) is 0 Å². The molecule has 0 bridgehead atoms. The van der Waals surface area contributed by atoms with Gasteiger partial charge in [0.2, 0.25) is 0 Å². The van der Waals surface area contributed by atoms with E-state index in [4.69, 9.17) is 19.2 Å². The van der Waals surface area contributed by atoms with Crippen molar-refractivity contribution >= 4 is 9.05 Å². The molecule has 0 atom stereocenters. The van der Waals surface area contributed by atoms with Gasteiger partial charge in [-0.15, -0.1) is 0 Å².